The molecule has 1 nitrogen and oxygen atoms in total. The van der Waals surface area contributed by atoms with E-state index in [1.165, 1.54) is 18.6 Å². The van der Waals surface area contributed by atoms with E-state index in [1.54, 1.807) is 11.1 Å². The first-order chi connectivity index (χ1) is 9.63. The Balaban J connectivity index is 2.19. The molecule has 1 aromatic rings. The van der Waals surface area contributed by atoms with Crippen molar-refractivity contribution in [1.82, 2.24) is 5.32 Å². The quantitative estimate of drug-likeness (QED) is 0.792. The van der Waals surface area contributed by atoms with Gasteiger partial charge in [-0.05, 0) is 48.1 Å². The van der Waals surface area contributed by atoms with Crippen molar-refractivity contribution in [1.29, 1.82) is 0 Å². The SMILES string of the molecule is CCCNC1c2ccccc2C(C)CC1SCC(C)C. The summed E-state index contributed by atoms with van der Waals surface area (Å²) < 4.78 is 0. The molecule has 0 spiro atoms. The first-order valence-electron chi connectivity index (χ1n) is 8.07. The van der Waals surface area contributed by atoms with Crippen LogP contribution >= 0.6 is 11.8 Å². The van der Waals surface area contributed by atoms with Gasteiger partial charge in [0.1, 0.15) is 0 Å². The Morgan fingerprint density at radius 2 is 1.95 bits per heavy atom. The molecule has 0 amide bonds. The van der Waals surface area contributed by atoms with E-state index in [2.05, 4.69) is 69.0 Å². The molecule has 3 atom stereocenters. The second-order valence-electron chi connectivity index (χ2n) is 6.46. The highest BCUT2D eigenvalue weighted by Crippen LogP contribution is 2.43. The van der Waals surface area contributed by atoms with Crippen molar-refractivity contribution in [3.63, 3.8) is 0 Å². The van der Waals surface area contributed by atoms with Crippen molar-refractivity contribution in [3.05, 3.63) is 35.4 Å². The molecule has 2 rings (SSSR count). The maximum atomic E-state index is 3.80. The van der Waals surface area contributed by atoms with E-state index in [4.69, 9.17) is 0 Å². The number of nitrogens with one attached hydrogen (secondary N) is 1. The van der Waals surface area contributed by atoms with Gasteiger partial charge in [-0.15, -0.1) is 0 Å². The van der Waals surface area contributed by atoms with E-state index in [0.717, 1.165) is 12.5 Å². The predicted octanol–water partition coefficient (Wildman–Crippen LogP) is 4.99. The molecule has 3 unspecified atom stereocenters. The summed E-state index contributed by atoms with van der Waals surface area (Å²) in [7, 11) is 0. The van der Waals surface area contributed by atoms with Crippen molar-refractivity contribution < 1.29 is 0 Å². The summed E-state index contributed by atoms with van der Waals surface area (Å²) in [6.45, 7) is 10.4. The van der Waals surface area contributed by atoms with Crippen LogP contribution in [0.25, 0.3) is 0 Å². The van der Waals surface area contributed by atoms with Crippen molar-refractivity contribution in [2.75, 3.05) is 12.3 Å². The Kier molecular flexibility index (Phi) is 5.98. The molecule has 1 N–H and O–H groups in total. The van der Waals surface area contributed by atoms with Crippen LogP contribution in [0.3, 0.4) is 0 Å². The lowest BCUT2D eigenvalue weighted by Crippen LogP contribution is -2.36. The van der Waals surface area contributed by atoms with Crippen LogP contribution < -0.4 is 5.32 Å². The molecule has 0 fully saturated rings. The van der Waals surface area contributed by atoms with Crippen molar-refractivity contribution in [2.45, 2.75) is 57.7 Å². The minimum absolute atomic E-state index is 0.533. The van der Waals surface area contributed by atoms with Gasteiger partial charge in [-0.3, -0.25) is 0 Å². The highest BCUT2D eigenvalue weighted by atomic mass is 32.2. The van der Waals surface area contributed by atoms with Crippen LogP contribution in [-0.4, -0.2) is 17.5 Å². The number of fused-ring (bicyclic) bond motifs is 1. The third kappa shape index (κ3) is 3.79. The lowest BCUT2D eigenvalue weighted by Gasteiger charge is -2.37. The van der Waals surface area contributed by atoms with Gasteiger partial charge in [-0.25, -0.2) is 0 Å². The second-order valence-corrected chi connectivity index (χ2v) is 7.74. The van der Waals surface area contributed by atoms with Gasteiger partial charge in [0.05, 0.1) is 0 Å². The Hall–Kier alpha value is -0.470. The fourth-order valence-electron chi connectivity index (χ4n) is 3.08. The molecular formula is C18H29NS. The Morgan fingerprint density at radius 1 is 1.25 bits per heavy atom. The van der Waals surface area contributed by atoms with Gasteiger partial charge in [0, 0.05) is 11.3 Å². The van der Waals surface area contributed by atoms with E-state index in [-0.39, 0.29) is 0 Å². The maximum Gasteiger partial charge on any atom is 0.0443 e. The smallest absolute Gasteiger partial charge is 0.0443 e. The van der Waals surface area contributed by atoms with Gasteiger partial charge in [0.15, 0.2) is 0 Å². The maximum absolute atomic E-state index is 3.80. The number of benzene rings is 1. The van der Waals surface area contributed by atoms with Crippen LogP contribution in [0.4, 0.5) is 0 Å². The van der Waals surface area contributed by atoms with Crippen LogP contribution in [0.1, 0.15) is 63.6 Å². The van der Waals surface area contributed by atoms with Gasteiger partial charge in [-0.1, -0.05) is 52.0 Å². The van der Waals surface area contributed by atoms with E-state index in [0.29, 0.717) is 17.2 Å². The van der Waals surface area contributed by atoms with Crippen LogP contribution in [-0.2, 0) is 0 Å². The largest absolute Gasteiger partial charge is 0.309 e. The first kappa shape index (κ1) is 15.9. The Bertz CT molecular complexity index is 416. The molecule has 0 bridgehead atoms. The highest BCUT2D eigenvalue weighted by molar-refractivity contribution is 7.99. The topological polar surface area (TPSA) is 12.0 Å². The molecule has 20 heavy (non-hydrogen) atoms. The summed E-state index contributed by atoms with van der Waals surface area (Å²) in [5.41, 5.74) is 3.10. The lowest BCUT2D eigenvalue weighted by molar-refractivity contribution is 0.444. The average Bonchev–Trinajstić information content (AvgIpc) is 2.44. The highest BCUT2D eigenvalue weighted by Gasteiger charge is 2.32. The number of hydrogen-bond donors (Lipinski definition) is 1. The zero-order chi connectivity index (χ0) is 14.5. The van der Waals surface area contributed by atoms with Crippen molar-refractivity contribution in [3.8, 4) is 0 Å². The molecule has 0 aliphatic heterocycles. The minimum atomic E-state index is 0.533. The summed E-state index contributed by atoms with van der Waals surface area (Å²) in [5.74, 6) is 2.74. The monoisotopic (exact) mass is 291 g/mol. The van der Waals surface area contributed by atoms with E-state index >= 15 is 0 Å². The van der Waals surface area contributed by atoms with Gasteiger partial charge in [-0.2, -0.15) is 11.8 Å². The van der Waals surface area contributed by atoms with Crippen LogP contribution in [0.5, 0.6) is 0 Å². The number of thioether (sulfide) groups is 1. The summed E-state index contributed by atoms with van der Waals surface area (Å²) in [6.07, 6.45) is 2.51. The molecule has 1 aromatic carbocycles. The van der Waals surface area contributed by atoms with Gasteiger partial charge in [0.2, 0.25) is 0 Å². The van der Waals surface area contributed by atoms with Crippen molar-refractivity contribution >= 4 is 11.8 Å². The summed E-state index contributed by atoms with van der Waals surface area (Å²) in [6, 6.07) is 9.58. The van der Waals surface area contributed by atoms with E-state index < -0.39 is 0 Å². The normalized spacial score (nSPS) is 25.8. The second kappa shape index (κ2) is 7.51. The predicted molar refractivity (Wildman–Crippen MR) is 91.6 cm³/mol. The van der Waals surface area contributed by atoms with Gasteiger partial charge < -0.3 is 5.32 Å². The third-order valence-electron chi connectivity index (χ3n) is 4.08. The van der Waals surface area contributed by atoms with Crippen LogP contribution in [0, 0.1) is 5.92 Å². The third-order valence-corrected chi connectivity index (χ3v) is 5.83. The van der Waals surface area contributed by atoms with Gasteiger partial charge >= 0.3 is 0 Å². The van der Waals surface area contributed by atoms with Crippen LogP contribution in [0.2, 0.25) is 0 Å². The van der Waals surface area contributed by atoms with Crippen LogP contribution in [0.15, 0.2) is 24.3 Å². The molecule has 0 heterocycles. The number of hydrogen-bond acceptors (Lipinski definition) is 2. The summed E-state index contributed by atoms with van der Waals surface area (Å²) >= 11 is 2.17. The standard InChI is InChI=1S/C18H29NS/c1-5-10-19-18-16-9-7-6-8-15(16)14(4)11-17(18)20-12-13(2)3/h6-9,13-14,17-19H,5,10-12H2,1-4H3. The summed E-state index contributed by atoms with van der Waals surface area (Å²) in [5, 5.41) is 4.52. The molecule has 2 heteroatoms. The fraction of sp³-hybridized carbons (Fsp3) is 0.667. The van der Waals surface area contributed by atoms with Crippen molar-refractivity contribution in [2.24, 2.45) is 5.92 Å². The molecule has 0 radical (unpaired) electrons. The lowest BCUT2D eigenvalue weighted by atomic mass is 9.80. The Labute approximate surface area is 128 Å². The zero-order valence-electron chi connectivity index (χ0n) is 13.4. The molecule has 0 aromatic heterocycles. The van der Waals surface area contributed by atoms with E-state index in [9.17, 15) is 0 Å². The van der Waals surface area contributed by atoms with Gasteiger partial charge in [0.25, 0.3) is 0 Å². The summed E-state index contributed by atoms with van der Waals surface area (Å²) in [4.78, 5) is 0. The zero-order valence-corrected chi connectivity index (χ0v) is 14.2. The molecule has 112 valence electrons. The minimum Gasteiger partial charge on any atom is -0.309 e. The molecule has 0 saturated carbocycles. The average molecular weight is 292 g/mol. The molecule has 1 aliphatic rings. The Morgan fingerprint density at radius 3 is 2.60 bits per heavy atom. The van der Waals surface area contributed by atoms with E-state index in [1.807, 2.05) is 0 Å². The fourth-order valence-corrected chi connectivity index (χ4v) is 4.57. The first-order valence-corrected chi connectivity index (χ1v) is 9.12. The number of rotatable bonds is 6. The molecule has 0 saturated heterocycles. The molecule has 1 aliphatic carbocycles. The molecular weight excluding hydrogens is 262 g/mol.